The van der Waals surface area contributed by atoms with Gasteiger partial charge in [-0.1, -0.05) is 17.5 Å². The maximum Gasteiger partial charge on any atom is 0.265 e. The molecule has 0 fully saturated rings. The standard InChI is InChI=1S/C18H13ClFN3O3/c1-3-9-23-17-14(21-7-8-22-17)15(24)13(18(23)25)12-11(20)6-5-10(19)16(12)26-4-2/h1,5-8,24H,4,9H2,2H3. The summed E-state index contributed by atoms with van der Waals surface area (Å²) in [7, 11) is 0. The lowest BCUT2D eigenvalue weighted by atomic mass is 10.0. The van der Waals surface area contributed by atoms with Crippen molar-refractivity contribution in [3.05, 3.63) is 45.7 Å². The van der Waals surface area contributed by atoms with Gasteiger partial charge in [-0.15, -0.1) is 6.42 Å². The number of hydrogen-bond donors (Lipinski definition) is 1. The number of aromatic hydroxyl groups is 1. The molecular formula is C18H13ClFN3O3. The number of hydrogen-bond acceptors (Lipinski definition) is 5. The molecule has 0 aliphatic carbocycles. The maximum absolute atomic E-state index is 14.6. The molecule has 0 aliphatic rings. The second kappa shape index (κ2) is 7.02. The second-order valence-electron chi connectivity index (χ2n) is 5.21. The van der Waals surface area contributed by atoms with Crippen LogP contribution in [0.15, 0.2) is 29.3 Å². The van der Waals surface area contributed by atoms with Crippen molar-refractivity contribution >= 4 is 22.8 Å². The van der Waals surface area contributed by atoms with E-state index in [-0.39, 0.29) is 46.2 Å². The zero-order valence-electron chi connectivity index (χ0n) is 13.7. The van der Waals surface area contributed by atoms with E-state index in [9.17, 15) is 14.3 Å². The Bertz CT molecular complexity index is 1110. The number of rotatable bonds is 4. The zero-order valence-corrected chi connectivity index (χ0v) is 14.4. The van der Waals surface area contributed by atoms with E-state index >= 15 is 0 Å². The molecule has 1 aromatic carbocycles. The van der Waals surface area contributed by atoms with Gasteiger partial charge in [0.2, 0.25) is 0 Å². The van der Waals surface area contributed by atoms with Crippen molar-refractivity contribution in [1.82, 2.24) is 14.5 Å². The Labute approximate surface area is 152 Å². The average Bonchev–Trinajstić information content (AvgIpc) is 2.64. The van der Waals surface area contributed by atoms with Gasteiger partial charge in [0.05, 0.1) is 29.3 Å². The quantitative estimate of drug-likeness (QED) is 0.711. The van der Waals surface area contributed by atoms with Gasteiger partial charge in [0, 0.05) is 12.4 Å². The van der Waals surface area contributed by atoms with E-state index in [0.29, 0.717) is 0 Å². The lowest BCUT2D eigenvalue weighted by molar-refractivity contribution is 0.340. The molecule has 0 radical (unpaired) electrons. The largest absolute Gasteiger partial charge is 0.505 e. The summed E-state index contributed by atoms with van der Waals surface area (Å²) in [5, 5.41) is 10.8. The van der Waals surface area contributed by atoms with Gasteiger partial charge in [0.15, 0.2) is 11.4 Å². The second-order valence-corrected chi connectivity index (χ2v) is 5.62. The predicted molar refractivity (Wildman–Crippen MR) is 95.9 cm³/mol. The summed E-state index contributed by atoms with van der Waals surface area (Å²) in [5.74, 6) is 1.00. The highest BCUT2D eigenvalue weighted by Gasteiger charge is 2.26. The van der Waals surface area contributed by atoms with Gasteiger partial charge in [0.1, 0.15) is 17.1 Å². The summed E-state index contributed by atoms with van der Waals surface area (Å²) < 4.78 is 21.2. The van der Waals surface area contributed by atoms with E-state index in [2.05, 4.69) is 15.9 Å². The summed E-state index contributed by atoms with van der Waals surface area (Å²) in [6.07, 6.45) is 8.04. The third kappa shape index (κ3) is 2.74. The fourth-order valence-corrected chi connectivity index (χ4v) is 2.87. The number of pyridine rings is 1. The van der Waals surface area contributed by atoms with Crippen LogP contribution in [0.1, 0.15) is 6.92 Å². The number of halogens is 2. The van der Waals surface area contributed by atoms with Gasteiger partial charge in [-0.2, -0.15) is 0 Å². The van der Waals surface area contributed by atoms with Crippen molar-refractivity contribution in [2.24, 2.45) is 0 Å². The minimum atomic E-state index is -0.777. The first-order valence-electron chi connectivity index (χ1n) is 7.62. The molecule has 0 atom stereocenters. The number of benzene rings is 1. The number of terminal acetylenes is 1. The van der Waals surface area contributed by atoms with Crippen LogP contribution in [0.4, 0.5) is 4.39 Å². The minimum absolute atomic E-state index is 0.0131. The van der Waals surface area contributed by atoms with Crippen molar-refractivity contribution < 1.29 is 14.2 Å². The molecule has 0 spiro atoms. The maximum atomic E-state index is 14.6. The number of ether oxygens (including phenoxy) is 1. The van der Waals surface area contributed by atoms with E-state index in [1.807, 2.05) is 0 Å². The van der Waals surface area contributed by atoms with Gasteiger partial charge in [0.25, 0.3) is 5.56 Å². The fourth-order valence-electron chi connectivity index (χ4n) is 2.66. The fraction of sp³-hybridized carbons (Fsp3) is 0.167. The summed E-state index contributed by atoms with van der Waals surface area (Å²) in [6.45, 7) is 1.74. The molecule has 2 aromatic heterocycles. The molecule has 0 amide bonds. The van der Waals surface area contributed by atoms with Crippen molar-refractivity contribution in [1.29, 1.82) is 0 Å². The molecule has 3 aromatic rings. The van der Waals surface area contributed by atoms with Crippen LogP contribution in [0.25, 0.3) is 22.3 Å². The molecule has 132 valence electrons. The molecule has 26 heavy (non-hydrogen) atoms. The van der Waals surface area contributed by atoms with Gasteiger partial charge < -0.3 is 9.84 Å². The molecule has 0 unspecified atom stereocenters. The Morgan fingerprint density at radius 2 is 2.08 bits per heavy atom. The first kappa shape index (κ1) is 17.7. The molecule has 8 heteroatoms. The molecule has 1 N–H and O–H groups in total. The molecule has 2 heterocycles. The monoisotopic (exact) mass is 373 g/mol. The Hall–Kier alpha value is -3.11. The smallest absolute Gasteiger partial charge is 0.265 e. The first-order chi connectivity index (χ1) is 12.5. The van der Waals surface area contributed by atoms with Gasteiger partial charge in [-0.25, -0.2) is 14.4 Å². The summed E-state index contributed by atoms with van der Waals surface area (Å²) in [6, 6.07) is 2.40. The van der Waals surface area contributed by atoms with E-state index in [0.717, 1.165) is 10.6 Å². The number of aromatic nitrogens is 3. The number of nitrogens with zero attached hydrogens (tertiary/aromatic N) is 3. The van der Waals surface area contributed by atoms with Crippen molar-refractivity contribution in [2.75, 3.05) is 6.61 Å². The predicted octanol–water partition coefficient (Wildman–Crippen LogP) is 2.99. The third-order valence-electron chi connectivity index (χ3n) is 3.70. The van der Waals surface area contributed by atoms with Crippen LogP contribution in [0.5, 0.6) is 11.5 Å². The van der Waals surface area contributed by atoms with Gasteiger partial charge >= 0.3 is 0 Å². The van der Waals surface area contributed by atoms with Crippen molar-refractivity contribution in [3.8, 4) is 35.0 Å². The molecule has 0 saturated carbocycles. The highest BCUT2D eigenvalue weighted by atomic mass is 35.5. The molecule has 6 nitrogen and oxygen atoms in total. The Balaban J connectivity index is 2.51. The third-order valence-corrected chi connectivity index (χ3v) is 4.00. The van der Waals surface area contributed by atoms with E-state index in [1.165, 1.54) is 18.5 Å². The van der Waals surface area contributed by atoms with E-state index in [1.54, 1.807) is 6.92 Å². The van der Waals surface area contributed by atoms with E-state index < -0.39 is 17.1 Å². The van der Waals surface area contributed by atoms with Crippen LogP contribution >= 0.6 is 11.6 Å². The normalized spacial score (nSPS) is 10.7. The van der Waals surface area contributed by atoms with Crippen LogP contribution in [0, 0.1) is 18.2 Å². The number of fused-ring (bicyclic) bond motifs is 1. The minimum Gasteiger partial charge on any atom is -0.505 e. The lowest BCUT2D eigenvalue weighted by Crippen LogP contribution is -2.23. The Kier molecular flexibility index (Phi) is 4.78. The summed E-state index contributed by atoms with van der Waals surface area (Å²) in [4.78, 5) is 21.1. The Morgan fingerprint density at radius 3 is 2.77 bits per heavy atom. The van der Waals surface area contributed by atoms with Crippen LogP contribution in [-0.4, -0.2) is 26.2 Å². The van der Waals surface area contributed by atoms with Crippen LogP contribution in [0.3, 0.4) is 0 Å². The lowest BCUT2D eigenvalue weighted by Gasteiger charge is -2.16. The van der Waals surface area contributed by atoms with Crippen LogP contribution in [0.2, 0.25) is 5.02 Å². The molecule has 0 bridgehead atoms. The van der Waals surface area contributed by atoms with Gasteiger partial charge in [-0.3, -0.25) is 9.36 Å². The Morgan fingerprint density at radius 1 is 1.35 bits per heavy atom. The highest BCUT2D eigenvalue weighted by Crippen LogP contribution is 2.41. The van der Waals surface area contributed by atoms with Crippen LogP contribution < -0.4 is 10.3 Å². The molecule has 0 aliphatic heterocycles. The molecular weight excluding hydrogens is 361 g/mol. The van der Waals surface area contributed by atoms with Crippen LogP contribution in [-0.2, 0) is 6.54 Å². The van der Waals surface area contributed by atoms with Gasteiger partial charge in [-0.05, 0) is 19.1 Å². The highest BCUT2D eigenvalue weighted by molar-refractivity contribution is 6.32. The first-order valence-corrected chi connectivity index (χ1v) is 8.00. The summed E-state index contributed by atoms with van der Waals surface area (Å²) in [5.41, 5.74) is -1.20. The van der Waals surface area contributed by atoms with E-state index in [4.69, 9.17) is 22.8 Å². The average molecular weight is 374 g/mol. The molecule has 3 rings (SSSR count). The zero-order chi connectivity index (χ0) is 18.8. The van der Waals surface area contributed by atoms with Crippen molar-refractivity contribution in [2.45, 2.75) is 13.5 Å². The topological polar surface area (TPSA) is 77.2 Å². The summed E-state index contributed by atoms with van der Waals surface area (Å²) >= 11 is 6.11. The molecule has 0 saturated heterocycles. The van der Waals surface area contributed by atoms with Crippen molar-refractivity contribution in [3.63, 3.8) is 0 Å². The SMILES string of the molecule is C#CCn1c(=O)c(-c2c(F)ccc(Cl)c2OCC)c(O)c2nccnc21.